The van der Waals surface area contributed by atoms with E-state index in [1.54, 1.807) is 12.1 Å². The Labute approximate surface area is 179 Å². The number of carbonyl (C=O) groups excluding carboxylic acids is 1. The van der Waals surface area contributed by atoms with E-state index in [9.17, 15) is 9.59 Å². The lowest BCUT2D eigenvalue weighted by atomic mass is 10.1. The number of hydrogen-bond acceptors (Lipinski definition) is 3. The van der Waals surface area contributed by atoms with Gasteiger partial charge in [-0.2, -0.15) is 0 Å². The molecular weight excluding hydrogens is 392 g/mol. The van der Waals surface area contributed by atoms with Crippen LogP contribution in [-0.2, 0) is 24.5 Å². The van der Waals surface area contributed by atoms with Gasteiger partial charge in [-0.3, -0.25) is 4.79 Å². The molecule has 6 heteroatoms. The second-order valence-electron chi connectivity index (χ2n) is 7.22. The van der Waals surface area contributed by atoms with Crippen LogP contribution in [0.5, 0.6) is 5.75 Å². The third kappa shape index (κ3) is 5.11. The second kappa shape index (κ2) is 9.17. The molecule has 1 heterocycles. The summed E-state index contributed by atoms with van der Waals surface area (Å²) in [4.78, 5) is 23.3. The van der Waals surface area contributed by atoms with Crippen molar-refractivity contribution in [2.75, 3.05) is 0 Å². The zero-order valence-corrected chi connectivity index (χ0v) is 16.8. The van der Waals surface area contributed by atoms with Crippen LogP contribution in [0.25, 0.3) is 10.9 Å². The van der Waals surface area contributed by atoms with Gasteiger partial charge in [0.15, 0.2) is 0 Å². The number of fused-ring (bicyclic) bond motifs is 1. The molecule has 6 nitrogen and oxygen atoms in total. The summed E-state index contributed by atoms with van der Waals surface area (Å²) >= 11 is 0. The van der Waals surface area contributed by atoms with E-state index >= 15 is 0 Å². The summed E-state index contributed by atoms with van der Waals surface area (Å²) in [7, 11) is 0. The number of carboxylic acid groups (broad SMARTS) is 1. The number of aromatic nitrogens is 1. The van der Waals surface area contributed by atoms with Crippen LogP contribution in [0, 0.1) is 0 Å². The van der Waals surface area contributed by atoms with Gasteiger partial charge in [-0.25, -0.2) is 4.79 Å². The number of rotatable bonds is 8. The average Bonchev–Trinajstić information content (AvgIpc) is 3.19. The molecule has 156 valence electrons. The van der Waals surface area contributed by atoms with Gasteiger partial charge in [0.1, 0.15) is 18.9 Å². The predicted octanol–water partition coefficient (Wildman–Crippen LogP) is 4.23. The molecule has 0 radical (unpaired) electrons. The number of carbonyl (C=O) groups is 2. The summed E-state index contributed by atoms with van der Waals surface area (Å²) < 4.78 is 7.76. The molecule has 31 heavy (non-hydrogen) atoms. The molecule has 2 N–H and O–H groups in total. The van der Waals surface area contributed by atoms with Crippen molar-refractivity contribution in [3.05, 3.63) is 102 Å². The van der Waals surface area contributed by atoms with Crippen molar-refractivity contribution in [1.82, 2.24) is 9.88 Å². The first-order chi connectivity index (χ1) is 15.1. The summed E-state index contributed by atoms with van der Waals surface area (Å²) in [5.41, 5.74) is 3.12. The van der Waals surface area contributed by atoms with Gasteiger partial charge in [0.05, 0.1) is 5.56 Å². The minimum atomic E-state index is -0.969. The van der Waals surface area contributed by atoms with E-state index in [1.165, 1.54) is 12.1 Å². The van der Waals surface area contributed by atoms with Gasteiger partial charge < -0.3 is 19.7 Å². The SMILES string of the molecule is O=C(Cn1ccc2cc(OCc3ccccc3)ccc21)NCc1ccc(C(=O)O)cc1. The highest BCUT2D eigenvalue weighted by atomic mass is 16.5. The Morgan fingerprint density at radius 2 is 1.68 bits per heavy atom. The van der Waals surface area contributed by atoms with Gasteiger partial charge in [-0.1, -0.05) is 42.5 Å². The number of nitrogens with one attached hydrogen (secondary N) is 1. The first-order valence-electron chi connectivity index (χ1n) is 9.93. The fraction of sp³-hybridized carbons (Fsp3) is 0.120. The average molecular weight is 414 g/mol. The Kier molecular flexibility index (Phi) is 5.98. The zero-order chi connectivity index (χ0) is 21.6. The number of carboxylic acids is 1. The molecule has 0 saturated carbocycles. The maximum absolute atomic E-state index is 12.4. The summed E-state index contributed by atoms with van der Waals surface area (Å²) in [5, 5.41) is 12.8. The van der Waals surface area contributed by atoms with Crippen molar-refractivity contribution in [1.29, 1.82) is 0 Å². The van der Waals surface area contributed by atoms with E-state index in [-0.39, 0.29) is 18.0 Å². The van der Waals surface area contributed by atoms with Gasteiger partial charge in [-0.05, 0) is 47.5 Å². The Balaban J connectivity index is 1.34. The van der Waals surface area contributed by atoms with Crippen LogP contribution >= 0.6 is 0 Å². The normalized spacial score (nSPS) is 10.7. The number of nitrogens with zero attached hydrogens (tertiary/aromatic N) is 1. The van der Waals surface area contributed by atoms with Crippen molar-refractivity contribution in [3.63, 3.8) is 0 Å². The monoisotopic (exact) mass is 414 g/mol. The lowest BCUT2D eigenvalue weighted by molar-refractivity contribution is -0.121. The molecule has 0 unspecified atom stereocenters. The van der Waals surface area contributed by atoms with Crippen LogP contribution in [0.2, 0.25) is 0 Å². The van der Waals surface area contributed by atoms with Gasteiger partial charge >= 0.3 is 5.97 Å². The zero-order valence-electron chi connectivity index (χ0n) is 16.8. The molecule has 3 aromatic carbocycles. The smallest absolute Gasteiger partial charge is 0.335 e. The van der Waals surface area contributed by atoms with Crippen LogP contribution in [0.3, 0.4) is 0 Å². The molecule has 4 aromatic rings. The number of benzene rings is 3. The highest BCUT2D eigenvalue weighted by molar-refractivity contribution is 5.87. The molecule has 0 aliphatic rings. The molecule has 0 bridgehead atoms. The van der Waals surface area contributed by atoms with Crippen molar-refractivity contribution in [3.8, 4) is 5.75 Å². The molecule has 0 saturated heterocycles. The molecule has 1 amide bonds. The van der Waals surface area contributed by atoms with E-state index in [0.29, 0.717) is 13.2 Å². The van der Waals surface area contributed by atoms with Gasteiger partial charge in [-0.15, -0.1) is 0 Å². The molecule has 0 aliphatic heterocycles. The van der Waals surface area contributed by atoms with Crippen molar-refractivity contribution >= 4 is 22.8 Å². The standard InChI is InChI=1S/C25H22N2O4/c28-24(26-15-18-6-8-20(9-7-18)25(29)30)16-27-13-12-21-14-22(10-11-23(21)27)31-17-19-4-2-1-3-5-19/h1-14H,15-17H2,(H,26,28)(H,29,30). The van der Waals surface area contributed by atoms with Crippen molar-refractivity contribution < 1.29 is 19.4 Å². The summed E-state index contributed by atoms with van der Waals surface area (Å²) in [5.74, 6) is -0.309. The first-order valence-corrected chi connectivity index (χ1v) is 9.93. The lowest BCUT2D eigenvalue weighted by Crippen LogP contribution is -2.26. The molecular formula is C25H22N2O4. The fourth-order valence-electron chi connectivity index (χ4n) is 3.32. The van der Waals surface area contributed by atoms with Crippen LogP contribution < -0.4 is 10.1 Å². The largest absolute Gasteiger partial charge is 0.489 e. The number of ether oxygens (including phenoxy) is 1. The third-order valence-electron chi connectivity index (χ3n) is 5.00. The Morgan fingerprint density at radius 1 is 0.903 bits per heavy atom. The van der Waals surface area contributed by atoms with Gasteiger partial charge in [0.25, 0.3) is 0 Å². The van der Waals surface area contributed by atoms with Gasteiger partial charge in [0.2, 0.25) is 5.91 Å². The van der Waals surface area contributed by atoms with E-state index in [1.807, 2.05) is 65.4 Å². The maximum atomic E-state index is 12.4. The van der Waals surface area contributed by atoms with Crippen LogP contribution in [0.4, 0.5) is 0 Å². The van der Waals surface area contributed by atoms with Crippen LogP contribution in [0.1, 0.15) is 21.5 Å². The van der Waals surface area contributed by atoms with Gasteiger partial charge in [0, 0.05) is 23.6 Å². The minimum absolute atomic E-state index is 0.121. The molecule has 0 fully saturated rings. The summed E-state index contributed by atoms with van der Waals surface area (Å²) in [6, 6.07) is 24.2. The molecule has 0 atom stereocenters. The quantitative estimate of drug-likeness (QED) is 0.452. The number of aromatic carboxylic acids is 1. The van der Waals surface area contributed by atoms with Crippen molar-refractivity contribution in [2.24, 2.45) is 0 Å². The Morgan fingerprint density at radius 3 is 2.42 bits per heavy atom. The van der Waals surface area contributed by atoms with E-state index in [0.717, 1.165) is 27.8 Å². The third-order valence-corrected chi connectivity index (χ3v) is 5.00. The molecule has 0 aliphatic carbocycles. The second-order valence-corrected chi connectivity index (χ2v) is 7.22. The summed E-state index contributed by atoms with van der Waals surface area (Å²) in [6.45, 7) is 1.04. The predicted molar refractivity (Wildman–Crippen MR) is 118 cm³/mol. The molecule has 1 aromatic heterocycles. The number of amides is 1. The Bertz CT molecular complexity index is 1200. The highest BCUT2D eigenvalue weighted by Crippen LogP contribution is 2.23. The molecule has 4 rings (SSSR count). The first kappa shape index (κ1) is 20.2. The molecule has 0 spiro atoms. The minimum Gasteiger partial charge on any atom is -0.489 e. The topological polar surface area (TPSA) is 80.6 Å². The van der Waals surface area contributed by atoms with E-state index in [2.05, 4.69) is 5.32 Å². The van der Waals surface area contributed by atoms with Crippen molar-refractivity contribution in [2.45, 2.75) is 19.7 Å². The van der Waals surface area contributed by atoms with E-state index in [4.69, 9.17) is 9.84 Å². The fourth-order valence-corrected chi connectivity index (χ4v) is 3.32. The van der Waals surface area contributed by atoms with Crippen LogP contribution in [0.15, 0.2) is 85.1 Å². The summed E-state index contributed by atoms with van der Waals surface area (Å²) in [6.07, 6.45) is 1.88. The Hall–Kier alpha value is -4.06. The lowest BCUT2D eigenvalue weighted by Gasteiger charge is -2.09. The van der Waals surface area contributed by atoms with Crippen LogP contribution in [-0.4, -0.2) is 21.6 Å². The highest BCUT2D eigenvalue weighted by Gasteiger charge is 2.08. The van der Waals surface area contributed by atoms with E-state index < -0.39 is 5.97 Å². The maximum Gasteiger partial charge on any atom is 0.335 e. The number of hydrogen-bond donors (Lipinski definition) is 2.